The fraction of sp³-hybridized carbons (Fsp3) is 0.462. The van der Waals surface area contributed by atoms with E-state index in [4.69, 9.17) is 5.11 Å². The zero-order valence-corrected chi connectivity index (χ0v) is 10.2. The monoisotopic (exact) mass is 252 g/mol. The van der Waals surface area contributed by atoms with E-state index >= 15 is 0 Å². The van der Waals surface area contributed by atoms with Crippen molar-refractivity contribution in [2.75, 3.05) is 6.61 Å². The number of fused-ring (bicyclic) bond motifs is 1. The maximum absolute atomic E-state index is 13.5. The average molecular weight is 252 g/mol. The molecular formula is C13H17FN2O2. The molecule has 1 aromatic carbocycles. The summed E-state index contributed by atoms with van der Waals surface area (Å²) in [5, 5.41) is 14.3. The number of hydrogen-bond donors (Lipinski definition) is 3. The van der Waals surface area contributed by atoms with Gasteiger partial charge in [0, 0.05) is 0 Å². The molecule has 0 heterocycles. The molecule has 98 valence electrons. The van der Waals surface area contributed by atoms with Crippen molar-refractivity contribution < 1.29 is 14.3 Å². The van der Waals surface area contributed by atoms with Crippen molar-refractivity contribution in [2.24, 2.45) is 0 Å². The molecule has 0 radical (unpaired) electrons. The quantitative estimate of drug-likeness (QED) is 0.763. The van der Waals surface area contributed by atoms with Gasteiger partial charge in [-0.05, 0) is 37.0 Å². The minimum atomic E-state index is -0.335. The van der Waals surface area contributed by atoms with Gasteiger partial charge in [-0.25, -0.2) is 9.18 Å². The van der Waals surface area contributed by atoms with E-state index < -0.39 is 0 Å². The van der Waals surface area contributed by atoms with Crippen LogP contribution in [-0.2, 0) is 6.42 Å². The van der Waals surface area contributed by atoms with Crippen LogP contribution < -0.4 is 10.6 Å². The van der Waals surface area contributed by atoms with Gasteiger partial charge in [0.15, 0.2) is 0 Å². The van der Waals surface area contributed by atoms with Crippen LogP contribution in [0.2, 0.25) is 0 Å². The van der Waals surface area contributed by atoms with Gasteiger partial charge < -0.3 is 15.7 Å². The molecule has 1 aliphatic rings. The van der Waals surface area contributed by atoms with E-state index in [-0.39, 0.29) is 30.5 Å². The number of aliphatic hydroxyl groups is 1. The molecule has 3 N–H and O–H groups in total. The first-order valence-electron chi connectivity index (χ1n) is 6.07. The van der Waals surface area contributed by atoms with Crippen molar-refractivity contribution in [1.82, 2.24) is 10.6 Å². The second-order valence-electron chi connectivity index (χ2n) is 4.60. The van der Waals surface area contributed by atoms with E-state index in [1.807, 2.05) is 6.07 Å². The highest BCUT2D eigenvalue weighted by Crippen LogP contribution is 2.32. The maximum Gasteiger partial charge on any atom is 0.315 e. The molecule has 0 saturated heterocycles. The summed E-state index contributed by atoms with van der Waals surface area (Å²) in [5.74, 6) is -0.207. The Hall–Kier alpha value is -1.62. The molecule has 1 aliphatic carbocycles. The number of rotatable bonds is 3. The number of urea groups is 1. The summed E-state index contributed by atoms with van der Waals surface area (Å²) >= 11 is 0. The highest BCUT2D eigenvalue weighted by atomic mass is 19.1. The Morgan fingerprint density at radius 1 is 1.61 bits per heavy atom. The molecule has 2 rings (SSSR count). The van der Waals surface area contributed by atoms with Gasteiger partial charge in [0.05, 0.1) is 18.7 Å². The van der Waals surface area contributed by atoms with Crippen molar-refractivity contribution in [2.45, 2.75) is 31.8 Å². The number of amides is 2. The zero-order valence-electron chi connectivity index (χ0n) is 10.2. The highest BCUT2D eigenvalue weighted by Gasteiger charge is 2.26. The Balaban J connectivity index is 2.02. The lowest BCUT2D eigenvalue weighted by Crippen LogP contribution is -2.43. The third-order valence-electron chi connectivity index (χ3n) is 3.17. The van der Waals surface area contributed by atoms with Gasteiger partial charge in [-0.15, -0.1) is 0 Å². The van der Waals surface area contributed by atoms with Crippen LogP contribution in [0, 0.1) is 5.82 Å². The summed E-state index contributed by atoms with van der Waals surface area (Å²) in [6.45, 7) is 1.60. The van der Waals surface area contributed by atoms with Crippen molar-refractivity contribution in [3.8, 4) is 0 Å². The van der Waals surface area contributed by atoms with Crippen LogP contribution in [0.3, 0.4) is 0 Å². The molecule has 0 aliphatic heterocycles. The molecule has 4 nitrogen and oxygen atoms in total. The van der Waals surface area contributed by atoms with Gasteiger partial charge in [-0.1, -0.05) is 12.1 Å². The van der Waals surface area contributed by atoms with E-state index in [1.54, 1.807) is 13.0 Å². The number of carbonyl (C=O) groups excluding carboxylic acids is 1. The third-order valence-corrected chi connectivity index (χ3v) is 3.17. The molecule has 2 atom stereocenters. The van der Waals surface area contributed by atoms with Gasteiger partial charge in [0.1, 0.15) is 5.82 Å². The number of benzene rings is 1. The first kappa shape index (κ1) is 12.8. The standard InChI is InChI=1S/C13H17FN2O2/c1-8(7-17)15-13(18)16-12-6-5-9-10(12)3-2-4-11(9)14/h2-4,8,12,17H,5-7H2,1H3,(H2,15,16,18). The third kappa shape index (κ3) is 2.61. The fourth-order valence-corrected chi connectivity index (χ4v) is 2.23. The first-order chi connectivity index (χ1) is 8.61. The lowest BCUT2D eigenvalue weighted by atomic mass is 10.1. The molecular weight excluding hydrogens is 235 g/mol. The molecule has 0 spiro atoms. The number of aliphatic hydroxyl groups excluding tert-OH is 1. The minimum Gasteiger partial charge on any atom is -0.394 e. The van der Waals surface area contributed by atoms with E-state index in [0.29, 0.717) is 18.4 Å². The summed E-state index contributed by atoms with van der Waals surface area (Å²) in [6, 6.07) is 4.15. The molecule has 1 aromatic rings. The second-order valence-corrected chi connectivity index (χ2v) is 4.60. The lowest BCUT2D eigenvalue weighted by Gasteiger charge is -2.17. The van der Waals surface area contributed by atoms with E-state index in [2.05, 4.69) is 10.6 Å². The average Bonchev–Trinajstić information content (AvgIpc) is 2.74. The number of carbonyl (C=O) groups is 1. The van der Waals surface area contributed by atoms with Crippen LogP contribution in [0.4, 0.5) is 9.18 Å². The molecule has 18 heavy (non-hydrogen) atoms. The Morgan fingerprint density at radius 2 is 2.39 bits per heavy atom. The number of hydrogen-bond acceptors (Lipinski definition) is 2. The molecule has 2 unspecified atom stereocenters. The van der Waals surface area contributed by atoms with Crippen LogP contribution >= 0.6 is 0 Å². The Bertz CT molecular complexity index is 451. The Labute approximate surface area is 105 Å². The zero-order chi connectivity index (χ0) is 13.1. The summed E-state index contributed by atoms with van der Waals surface area (Å²) in [4.78, 5) is 11.6. The predicted octanol–water partition coefficient (Wildman–Crippen LogP) is 1.49. The summed E-state index contributed by atoms with van der Waals surface area (Å²) in [5.41, 5.74) is 1.54. The smallest absolute Gasteiger partial charge is 0.315 e. The second kappa shape index (κ2) is 5.35. The minimum absolute atomic E-state index is 0.108. The van der Waals surface area contributed by atoms with Gasteiger partial charge in [0.2, 0.25) is 0 Å². The van der Waals surface area contributed by atoms with E-state index in [1.165, 1.54) is 6.07 Å². The molecule has 2 amide bonds. The summed E-state index contributed by atoms with van der Waals surface area (Å²) < 4.78 is 13.5. The molecule has 0 bridgehead atoms. The topological polar surface area (TPSA) is 61.4 Å². The summed E-state index contributed by atoms with van der Waals surface area (Å²) in [6.07, 6.45) is 1.35. The normalized spacial score (nSPS) is 19.2. The van der Waals surface area contributed by atoms with Gasteiger partial charge in [-0.3, -0.25) is 0 Å². The SMILES string of the molecule is CC(CO)NC(=O)NC1CCc2c(F)cccc21. The number of nitrogens with one attached hydrogen (secondary N) is 2. The predicted molar refractivity (Wildman–Crippen MR) is 65.7 cm³/mol. The van der Waals surface area contributed by atoms with Crippen molar-refractivity contribution >= 4 is 6.03 Å². The van der Waals surface area contributed by atoms with Crippen LogP contribution in [-0.4, -0.2) is 23.8 Å². The van der Waals surface area contributed by atoms with Gasteiger partial charge in [0.25, 0.3) is 0 Å². The van der Waals surface area contributed by atoms with Gasteiger partial charge >= 0.3 is 6.03 Å². The molecule has 0 aromatic heterocycles. The maximum atomic E-state index is 13.5. The number of halogens is 1. The largest absolute Gasteiger partial charge is 0.394 e. The summed E-state index contributed by atoms with van der Waals surface area (Å²) in [7, 11) is 0. The van der Waals surface area contributed by atoms with E-state index in [0.717, 1.165) is 5.56 Å². The highest BCUT2D eigenvalue weighted by molar-refractivity contribution is 5.75. The van der Waals surface area contributed by atoms with Crippen molar-refractivity contribution in [1.29, 1.82) is 0 Å². The Morgan fingerprint density at radius 3 is 3.11 bits per heavy atom. The van der Waals surface area contributed by atoms with Crippen LogP contribution in [0.25, 0.3) is 0 Å². The molecule has 0 fully saturated rings. The lowest BCUT2D eigenvalue weighted by molar-refractivity contribution is 0.217. The van der Waals surface area contributed by atoms with Gasteiger partial charge in [-0.2, -0.15) is 0 Å². The van der Waals surface area contributed by atoms with Crippen LogP contribution in [0.15, 0.2) is 18.2 Å². The van der Waals surface area contributed by atoms with Crippen LogP contribution in [0.5, 0.6) is 0 Å². The van der Waals surface area contributed by atoms with E-state index in [9.17, 15) is 9.18 Å². The van der Waals surface area contributed by atoms with Crippen LogP contribution in [0.1, 0.15) is 30.5 Å². The Kier molecular flexibility index (Phi) is 3.81. The fourth-order valence-electron chi connectivity index (χ4n) is 2.23. The van der Waals surface area contributed by atoms with Crippen molar-refractivity contribution in [3.05, 3.63) is 35.1 Å². The van der Waals surface area contributed by atoms with Crippen molar-refractivity contribution in [3.63, 3.8) is 0 Å². The first-order valence-corrected chi connectivity index (χ1v) is 6.07. The molecule has 0 saturated carbocycles. The molecule has 5 heteroatoms.